The lowest BCUT2D eigenvalue weighted by Crippen LogP contribution is -2.41. The van der Waals surface area contributed by atoms with Crippen molar-refractivity contribution in [2.75, 3.05) is 25.4 Å². The summed E-state index contributed by atoms with van der Waals surface area (Å²) in [6.45, 7) is 9.13. The molecule has 1 rings (SSSR count). The van der Waals surface area contributed by atoms with Crippen LogP contribution in [0.25, 0.3) is 0 Å². The molecule has 0 aromatic heterocycles. The Labute approximate surface area is 140 Å². The maximum Gasteiger partial charge on any atom is 0.251 e. The third-order valence-electron chi connectivity index (χ3n) is 3.21. The van der Waals surface area contributed by atoms with Crippen molar-refractivity contribution >= 4 is 15.9 Å². The summed E-state index contributed by atoms with van der Waals surface area (Å²) < 4.78 is 26.5. The molecule has 0 aliphatic heterocycles. The Hall–Kier alpha value is -1.40. The van der Waals surface area contributed by atoms with Gasteiger partial charge < -0.3 is 5.32 Å². The fourth-order valence-corrected chi connectivity index (χ4v) is 3.90. The first kappa shape index (κ1) is 19.6. The molecule has 6 heteroatoms. The summed E-state index contributed by atoms with van der Waals surface area (Å²) in [5.41, 5.74) is 0.533. The summed E-state index contributed by atoms with van der Waals surface area (Å²) in [5.74, 6) is 0.204. The lowest BCUT2D eigenvalue weighted by atomic mass is 10.2. The zero-order valence-electron chi connectivity index (χ0n) is 14.5. The van der Waals surface area contributed by atoms with Crippen molar-refractivity contribution in [1.82, 2.24) is 9.62 Å². The molecule has 1 amide bonds. The summed E-state index contributed by atoms with van der Waals surface area (Å²) in [6, 6.07) is 8.79. The minimum Gasteiger partial charge on any atom is -0.351 e. The molecule has 0 radical (unpaired) electrons. The van der Waals surface area contributed by atoms with E-state index in [9.17, 15) is 13.2 Å². The Morgan fingerprint density at radius 3 is 2.04 bits per heavy atom. The average Bonchev–Trinajstić information content (AvgIpc) is 2.46. The number of benzene rings is 1. The molecule has 0 bridgehead atoms. The van der Waals surface area contributed by atoms with Gasteiger partial charge in [-0.15, -0.1) is 0 Å². The fourth-order valence-electron chi connectivity index (χ4n) is 2.23. The highest BCUT2D eigenvalue weighted by Crippen LogP contribution is 2.10. The van der Waals surface area contributed by atoms with Crippen molar-refractivity contribution in [3.05, 3.63) is 35.9 Å². The van der Waals surface area contributed by atoms with Gasteiger partial charge >= 0.3 is 0 Å². The van der Waals surface area contributed by atoms with E-state index < -0.39 is 10.0 Å². The molecule has 0 unspecified atom stereocenters. The molecule has 0 aliphatic rings. The number of nitrogens with zero attached hydrogens (tertiary/aromatic N) is 1. The van der Waals surface area contributed by atoms with E-state index in [0.717, 1.165) is 0 Å². The number of amides is 1. The first-order valence-corrected chi connectivity index (χ1v) is 9.64. The van der Waals surface area contributed by atoms with E-state index in [1.54, 1.807) is 24.3 Å². The highest BCUT2D eigenvalue weighted by atomic mass is 32.2. The monoisotopic (exact) mass is 340 g/mol. The molecule has 5 nitrogen and oxygen atoms in total. The van der Waals surface area contributed by atoms with Crippen molar-refractivity contribution in [3.8, 4) is 0 Å². The number of hydrogen-bond donors (Lipinski definition) is 1. The van der Waals surface area contributed by atoms with E-state index in [2.05, 4.69) is 5.32 Å². The van der Waals surface area contributed by atoms with Crippen molar-refractivity contribution in [2.45, 2.75) is 27.7 Å². The molecule has 0 saturated carbocycles. The summed E-state index contributed by atoms with van der Waals surface area (Å²) in [6.07, 6.45) is 0. The minimum atomic E-state index is -3.37. The number of nitrogens with one attached hydrogen (secondary N) is 1. The van der Waals surface area contributed by atoms with Gasteiger partial charge in [0.25, 0.3) is 5.91 Å². The van der Waals surface area contributed by atoms with Crippen LogP contribution in [0.1, 0.15) is 38.1 Å². The smallest absolute Gasteiger partial charge is 0.251 e. The van der Waals surface area contributed by atoms with Gasteiger partial charge in [-0.05, 0) is 24.0 Å². The van der Waals surface area contributed by atoms with Crippen LogP contribution in [0.2, 0.25) is 0 Å². The van der Waals surface area contributed by atoms with Gasteiger partial charge in [0.2, 0.25) is 10.0 Å². The number of carbonyl (C=O) groups excluding carboxylic acids is 1. The van der Waals surface area contributed by atoms with E-state index in [4.69, 9.17) is 0 Å². The lowest BCUT2D eigenvalue weighted by molar-refractivity contribution is 0.0956. The van der Waals surface area contributed by atoms with Gasteiger partial charge in [-0.25, -0.2) is 12.7 Å². The normalized spacial score (nSPS) is 12.1. The van der Waals surface area contributed by atoms with E-state index in [-0.39, 0.29) is 30.0 Å². The van der Waals surface area contributed by atoms with Crippen molar-refractivity contribution in [1.29, 1.82) is 0 Å². The zero-order chi connectivity index (χ0) is 17.5. The number of hydrogen-bond acceptors (Lipinski definition) is 3. The molecule has 1 N–H and O–H groups in total. The molecule has 23 heavy (non-hydrogen) atoms. The van der Waals surface area contributed by atoms with Crippen LogP contribution in [0, 0.1) is 11.8 Å². The number of rotatable bonds is 9. The Kier molecular flexibility index (Phi) is 7.72. The van der Waals surface area contributed by atoms with Gasteiger partial charge in [0.15, 0.2) is 0 Å². The van der Waals surface area contributed by atoms with Gasteiger partial charge in [0, 0.05) is 25.2 Å². The van der Waals surface area contributed by atoms with Crippen LogP contribution in [0.3, 0.4) is 0 Å². The minimum absolute atomic E-state index is 0.0784. The Morgan fingerprint density at radius 2 is 1.57 bits per heavy atom. The molecule has 0 aliphatic carbocycles. The van der Waals surface area contributed by atoms with Crippen molar-refractivity contribution in [2.24, 2.45) is 11.8 Å². The molecule has 0 fully saturated rings. The predicted octanol–water partition coefficient (Wildman–Crippen LogP) is 2.36. The fraction of sp³-hybridized carbons (Fsp3) is 0.588. The summed E-state index contributed by atoms with van der Waals surface area (Å²) in [5, 5.41) is 2.67. The van der Waals surface area contributed by atoms with Gasteiger partial charge in [0.1, 0.15) is 0 Å². The Bertz CT molecular complexity index is 573. The van der Waals surface area contributed by atoms with E-state index in [1.807, 2.05) is 33.8 Å². The van der Waals surface area contributed by atoms with Gasteiger partial charge in [0.05, 0.1) is 5.75 Å². The van der Waals surface area contributed by atoms with Crippen LogP contribution >= 0.6 is 0 Å². The average molecular weight is 340 g/mol. The Morgan fingerprint density at radius 1 is 1.04 bits per heavy atom. The van der Waals surface area contributed by atoms with Crippen molar-refractivity contribution in [3.63, 3.8) is 0 Å². The maximum atomic E-state index is 12.5. The standard InChI is InChI=1S/C17H28N2O3S/c1-14(2)12-19(13-15(3)4)23(21,22)11-10-18-17(20)16-8-6-5-7-9-16/h5-9,14-15H,10-13H2,1-4H3,(H,18,20). The summed E-state index contributed by atoms with van der Waals surface area (Å²) in [4.78, 5) is 11.9. The van der Waals surface area contributed by atoms with Crippen LogP contribution < -0.4 is 5.32 Å². The first-order valence-electron chi connectivity index (χ1n) is 8.03. The van der Waals surface area contributed by atoms with E-state index in [1.165, 1.54) is 4.31 Å². The van der Waals surface area contributed by atoms with Crippen molar-refractivity contribution < 1.29 is 13.2 Å². The number of carbonyl (C=O) groups is 1. The first-order chi connectivity index (χ1) is 10.7. The van der Waals surface area contributed by atoms with Crippen LogP contribution in [-0.4, -0.2) is 44.0 Å². The second-order valence-electron chi connectivity index (χ2n) is 6.54. The molecular formula is C17H28N2O3S. The highest BCUT2D eigenvalue weighted by molar-refractivity contribution is 7.89. The topological polar surface area (TPSA) is 66.5 Å². The van der Waals surface area contributed by atoms with Crippen LogP contribution in [0.5, 0.6) is 0 Å². The molecule has 1 aromatic carbocycles. The van der Waals surface area contributed by atoms with Gasteiger partial charge in [-0.3, -0.25) is 4.79 Å². The SMILES string of the molecule is CC(C)CN(CC(C)C)S(=O)(=O)CCNC(=O)c1ccccc1. The quantitative estimate of drug-likeness (QED) is 0.750. The third kappa shape index (κ3) is 7.14. The molecular weight excluding hydrogens is 312 g/mol. The largest absolute Gasteiger partial charge is 0.351 e. The van der Waals surface area contributed by atoms with E-state index in [0.29, 0.717) is 18.7 Å². The molecule has 0 spiro atoms. The molecule has 0 saturated heterocycles. The number of sulfonamides is 1. The zero-order valence-corrected chi connectivity index (χ0v) is 15.3. The lowest BCUT2D eigenvalue weighted by Gasteiger charge is -2.25. The van der Waals surface area contributed by atoms with Gasteiger partial charge in [-0.2, -0.15) is 0 Å². The van der Waals surface area contributed by atoms with Crippen LogP contribution in [0.15, 0.2) is 30.3 Å². The third-order valence-corrected chi connectivity index (χ3v) is 5.02. The van der Waals surface area contributed by atoms with Gasteiger partial charge in [-0.1, -0.05) is 45.9 Å². The highest BCUT2D eigenvalue weighted by Gasteiger charge is 2.23. The second-order valence-corrected chi connectivity index (χ2v) is 8.63. The molecule has 0 heterocycles. The maximum absolute atomic E-state index is 12.5. The summed E-state index contributed by atoms with van der Waals surface area (Å²) in [7, 11) is -3.37. The Balaban J connectivity index is 2.60. The second kappa shape index (κ2) is 9.03. The molecule has 1 aromatic rings. The van der Waals surface area contributed by atoms with E-state index >= 15 is 0 Å². The van der Waals surface area contributed by atoms with Crippen LogP contribution in [-0.2, 0) is 10.0 Å². The molecule has 0 atom stereocenters. The van der Waals surface area contributed by atoms with Crippen LogP contribution in [0.4, 0.5) is 0 Å². The summed E-state index contributed by atoms with van der Waals surface area (Å²) >= 11 is 0. The molecule has 130 valence electrons. The predicted molar refractivity (Wildman–Crippen MR) is 93.8 cm³/mol.